The Balaban J connectivity index is 1.44. The normalized spacial score (nSPS) is 22.2. The van der Waals surface area contributed by atoms with Gasteiger partial charge < -0.3 is 9.80 Å². The number of carbonyl (C=O) groups excluding carboxylic acids is 2. The van der Waals surface area contributed by atoms with Gasteiger partial charge in [0.25, 0.3) is 0 Å². The third-order valence-corrected chi connectivity index (χ3v) is 5.31. The fourth-order valence-corrected chi connectivity index (χ4v) is 3.68. The Morgan fingerprint density at radius 2 is 1.96 bits per heavy atom. The molecule has 142 valence electrons. The van der Waals surface area contributed by atoms with Crippen molar-refractivity contribution in [3.05, 3.63) is 24.0 Å². The standard InChI is InChI=1S/C19H29N5O2/c1-16-5-3-4-8-24(16)19(26)15-22-9-11-23(12-10-22)18(25)7-6-17-13-20-21(2)14-17/h6-7,13-14,16H,3-5,8-12,15H2,1-2H3/b7-6+. The number of carbonyl (C=O) groups is 2. The Hall–Kier alpha value is -2.15. The molecule has 7 heteroatoms. The lowest BCUT2D eigenvalue weighted by molar-refractivity contribution is -0.136. The van der Waals surface area contributed by atoms with Crippen LogP contribution in [0, 0.1) is 0 Å². The van der Waals surface area contributed by atoms with E-state index in [9.17, 15) is 9.59 Å². The van der Waals surface area contributed by atoms with Gasteiger partial charge in [-0.25, -0.2) is 0 Å². The third kappa shape index (κ3) is 4.72. The highest BCUT2D eigenvalue weighted by atomic mass is 16.2. The first-order valence-corrected chi connectivity index (χ1v) is 9.50. The Morgan fingerprint density at radius 3 is 2.62 bits per heavy atom. The number of piperidine rings is 1. The Kier molecular flexibility index (Phi) is 6.08. The molecule has 1 unspecified atom stereocenters. The molecule has 2 aliphatic heterocycles. The summed E-state index contributed by atoms with van der Waals surface area (Å²) in [5, 5.41) is 4.09. The molecule has 2 saturated heterocycles. The van der Waals surface area contributed by atoms with Crippen LogP contribution in [0.3, 0.4) is 0 Å². The molecule has 2 amide bonds. The van der Waals surface area contributed by atoms with Crippen LogP contribution >= 0.6 is 0 Å². The highest BCUT2D eigenvalue weighted by Crippen LogP contribution is 2.17. The molecule has 3 heterocycles. The molecule has 0 aliphatic carbocycles. The SMILES string of the molecule is CC1CCCCN1C(=O)CN1CCN(C(=O)/C=C/c2cnn(C)c2)CC1. The van der Waals surface area contributed by atoms with E-state index in [-0.39, 0.29) is 11.8 Å². The minimum atomic E-state index is 0.0180. The number of hydrogen-bond acceptors (Lipinski definition) is 4. The molecule has 0 aromatic carbocycles. The lowest BCUT2D eigenvalue weighted by atomic mass is 10.0. The van der Waals surface area contributed by atoms with E-state index in [0.29, 0.717) is 25.7 Å². The molecule has 7 nitrogen and oxygen atoms in total. The number of piperazine rings is 1. The topological polar surface area (TPSA) is 61.7 Å². The maximum absolute atomic E-state index is 12.5. The van der Waals surface area contributed by atoms with Crippen LogP contribution in [0.2, 0.25) is 0 Å². The summed E-state index contributed by atoms with van der Waals surface area (Å²) in [5.41, 5.74) is 0.917. The van der Waals surface area contributed by atoms with E-state index in [1.807, 2.05) is 23.0 Å². The van der Waals surface area contributed by atoms with Gasteiger partial charge in [-0.2, -0.15) is 5.10 Å². The van der Waals surface area contributed by atoms with Crippen molar-refractivity contribution in [3.8, 4) is 0 Å². The first-order chi connectivity index (χ1) is 12.5. The maximum atomic E-state index is 12.5. The molecule has 2 aliphatic rings. The van der Waals surface area contributed by atoms with Gasteiger partial charge in [0.1, 0.15) is 0 Å². The molecule has 1 atom stereocenters. The number of nitrogens with zero attached hydrogens (tertiary/aromatic N) is 5. The fraction of sp³-hybridized carbons (Fsp3) is 0.632. The van der Waals surface area contributed by atoms with Crippen molar-refractivity contribution in [3.63, 3.8) is 0 Å². The number of hydrogen-bond donors (Lipinski definition) is 0. The number of rotatable bonds is 4. The minimum absolute atomic E-state index is 0.0180. The van der Waals surface area contributed by atoms with Crippen LogP contribution in [0.5, 0.6) is 0 Å². The molecule has 3 rings (SSSR count). The fourth-order valence-electron chi connectivity index (χ4n) is 3.68. The average Bonchev–Trinajstić information content (AvgIpc) is 3.06. The van der Waals surface area contributed by atoms with Gasteiger partial charge in [0.2, 0.25) is 11.8 Å². The van der Waals surface area contributed by atoms with E-state index < -0.39 is 0 Å². The van der Waals surface area contributed by atoms with Crippen LogP contribution < -0.4 is 0 Å². The molecule has 0 radical (unpaired) electrons. The number of likely N-dealkylation sites (tertiary alicyclic amines) is 1. The summed E-state index contributed by atoms with van der Waals surface area (Å²) in [6, 6.07) is 0.358. The maximum Gasteiger partial charge on any atom is 0.246 e. The monoisotopic (exact) mass is 359 g/mol. The predicted octanol–water partition coefficient (Wildman–Crippen LogP) is 0.979. The van der Waals surface area contributed by atoms with E-state index in [1.165, 1.54) is 6.42 Å². The van der Waals surface area contributed by atoms with Gasteiger partial charge in [0, 0.05) is 63.6 Å². The Bertz CT molecular complexity index is 661. The average molecular weight is 359 g/mol. The molecule has 0 N–H and O–H groups in total. The molecule has 2 fully saturated rings. The summed E-state index contributed by atoms with van der Waals surface area (Å²) < 4.78 is 1.71. The number of aromatic nitrogens is 2. The minimum Gasteiger partial charge on any atom is -0.339 e. The van der Waals surface area contributed by atoms with E-state index in [2.05, 4.69) is 16.9 Å². The smallest absolute Gasteiger partial charge is 0.246 e. The summed E-state index contributed by atoms with van der Waals surface area (Å²) in [6.07, 6.45) is 10.4. The van der Waals surface area contributed by atoms with E-state index in [1.54, 1.807) is 23.0 Å². The molecular weight excluding hydrogens is 330 g/mol. The summed E-state index contributed by atoms with van der Waals surface area (Å²) in [6.45, 7) is 6.33. The van der Waals surface area contributed by atoms with Gasteiger partial charge in [0.15, 0.2) is 0 Å². The van der Waals surface area contributed by atoms with Crippen molar-refractivity contribution >= 4 is 17.9 Å². The Morgan fingerprint density at radius 1 is 1.19 bits per heavy atom. The largest absolute Gasteiger partial charge is 0.339 e. The van der Waals surface area contributed by atoms with Crippen molar-refractivity contribution in [2.24, 2.45) is 7.05 Å². The predicted molar refractivity (Wildman–Crippen MR) is 100 cm³/mol. The zero-order chi connectivity index (χ0) is 18.5. The first kappa shape index (κ1) is 18.6. The van der Waals surface area contributed by atoms with Gasteiger partial charge in [-0.05, 0) is 32.3 Å². The van der Waals surface area contributed by atoms with E-state index in [0.717, 1.165) is 38.0 Å². The van der Waals surface area contributed by atoms with Crippen molar-refractivity contribution in [1.82, 2.24) is 24.5 Å². The van der Waals surface area contributed by atoms with Gasteiger partial charge >= 0.3 is 0 Å². The molecular formula is C19H29N5O2. The number of aryl methyl sites for hydroxylation is 1. The van der Waals surface area contributed by atoms with Crippen molar-refractivity contribution < 1.29 is 9.59 Å². The van der Waals surface area contributed by atoms with E-state index >= 15 is 0 Å². The summed E-state index contributed by atoms with van der Waals surface area (Å²) in [5.74, 6) is 0.248. The van der Waals surface area contributed by atoms with Crippen LogP contribution in [0.25, 0.3) is 6.08 Å². The van der Waals surface area contributed by atoms with Crippen LogP contribution in [0.4, 0.5) is 0 Å². The first-order valence-electron chi connectivity index (χ1n) is 9.50. The highest BCUT2D eigenvalue weighted by Gasteiger charge is 2.26. The molecule has 26 heavy (non-hydrogen) atoms. The second-order valence-corrected chi connectivity index (χ2v) is 7.31. The summed E-state index contributed by atoms with van der Waals surface area (Å²) in [4.78, 5) is 30.9. The summed E-state index contributed by atoms with van der Waals surface area (Å²) >= 11 is 0. The second-order valence-electron chi connectivity index (χ2n) is 7.31. The highest BCUT2D eigenvalue weighted by molar-refractivity contribution is 5.91. The quantitative estimate of drug-likeness (QED) is 0.752. The zero-order valence-electron chi connectivity index (χ0n) is 15.8. The number of amides is 2. The molecule has 1 aromatic heterocycles. The Labute approximate surface area is 155 Å². The lowest BCUT2D eigenvalue weighted by Crippen LogP contribution is -2.52. The van der Waals surface area contributed by atoms with Gasteiger partial charge in [-0.1, -0.05) is 0 Å². The van der Waals surface area contributed by atoms with Crippen LogP contribution in [-0.2, 0) is 16.6 Å². The van der Waals surface area contributed by atoms with Crippen molar-refractivity contribution in [2.45, 2.75) is 32.2 Å². The molecule has 0 bridgehead atoms. The van der Waals surface area contributed by atoms with Gasteiger partial charge in [-0.3, -0.25) is 19.2 Å². The zero-order valence-corrected chi connectivity index (χ0v) is 15.8. The molecule has 1 aromatic rings. The van der Waals surface area contributed by atoms with Crippen molar-refractivity contribution in [1.29, 1.82) is 0 Å². The van der Waals surface area contributed by atoms with Crippen LogP contribution in [-0.4, -0.2) is 81.6 Å². The van der Waals surface area contributed by atoms with E-state index in [4.69, 9.17) is 0 Å². The second kappa shape index (κ2) is 8.49. The summed E-state index contributed by atoms with van der Waals surface area (Å²) in [7, 11) is 1.85. The third-order valence-electron chi connectivity index (χ3n) is 5.31. The van der Waals surface area contributed by atoms with Crippen molar-refractivity contribution in [2.75, 3.05) is 39.3 Å². The van der Waals surface area contributed by atoms with Crippen LogP contribution in [0.1, 0.15) is 31.7 Å². The van der Waals surface area contributed by atoms with Crippen LogP contribution in [0.15, 0.2) is 18.5 Å². The van der Waals surface area contributed by atoms with Gasteiger partial charge in [-0.15, -0.1) is 0 Å². The molecule has 0 saturated carbocycles. The lowest BCUT2D eigenvalue weighted by Gasteiger charge is -2.37. The molecule has 0 spiro atoms. The van der Waals surface area contributed by atoms with Gasteiger partial charge in [0.05, 0.1) is 12.7 Å².